The molecule has 1 aliphatic heterocycles. The molecule has 1 heterocycles. The van der Waals surface area contributed by atoms with Crippen LogP contribution in [-0.4, -0.2) is 31.7 Å². The lowest BCUT2D eigenvalue weighted by molar-refractivity contribution is 0.395. The highest BCUT2D eigenvalue weighted by Gasteiger charge is 2.37. The van der Waals surface area contributed by atoms with Crippen molar-refractivity contribution in [2.24, 2.45) is 0 Å². The molecule has 1 aromatic carbocycles. The summed E-state index contributed by atoms with van der Waals surface area (Å²) in [4.78, 5) is 1.24. The van der Waals surface area contributed by atoms with Gasteiger partial charge < -0.3 is 5.32 Å². The Morgan fingerprint density at radius 2 is 2.00 bits per heavy atom. The van der Waals surface area contributed by atoms with E-state index in [4.69, 9.17) is 0 Å². The summed E-state index contributed by atoms with van der Waals surface area (Å²) in [6, 6.07) is 8.36. The molecule has 1 aromatic rings. The predicted molar refractivity (Wildman–Crippen MR) is 76.7 cm³/mol. The van der Waals surface area contributed by atoms with E-state index in [9.17, 15) is 8.42 Å². The minimum absolute atomic E-state index is 0.253. The number of nitrogens with one attached hydrogen (secondary N) is 1. The maximum absolute atomic E-state index is 11.5. The first-order chi connectivity index (χ1) is 8.42. The molecule has 1 fully saturated rings. The maximum Gasteiger partial charge on any atom is 0.152 e. The minimum atomic E-state index is -2.83. The number of hydrogen-bond donors (Lipinski definition) is 1. The van der Waals surface area contributed by atoms with Crippen LogP contribution in [0.15, 0.2) is 29.2 Å². The van der Waals surface area contributed by atoms with Crippen molar-refractivity contribution in [1.29, 1.82) is 0 Å². The summed E-state index contributed by atoms with van der Waals surface area (Å²) >= 11 is 1.72. The topological polar surface area (TPSA) is 46.2 Å². The molecule has 0 bridgehead atoms. The van der Waals surface area contributed by atoms with Crippen LogP contribution in [0.1, 0.15) is 18.9 Å². The van der Waals surface area contributed by atoms with Crippen LogP contribution in [0, 0.1) is 0 Å². The molecule has 1 atom stereocenters. The van der Waals surface area contributed by atoms with Crippen LogP contribution in [0.2, 0.25) is 0 Å². The summed E-state index contributed by atoms with van der Waals surface area (Å²) in [5.74, 6) is 0.560. The molecule has 0 radical (unpaired) electrons. The van der Waals surface area contributed by atoms with Gasteiger partial charge in [-0.05, 0) is 37.3 Å². The Morgan fingerprint density at radius 3 is 2.50 bits per heavy atom. The van der Waals surface area contributed by atoms with Gasteiger partial charge in [-0.15, -0.1) is 11.8 Å². The SMILES string of the molecule is CSc1ccc(CNC2(C)CCS(=O)(=O)C2)cc1. The van der Waals surface area contributed by atoms with E-state index in [1.165, 1.54) is 10.5 Å². The minimum Gasteiger partial charge on any atom is -0.306 e. The lowest BCUT2D eigenvalue weighted by Crippen LogP contribution is -2.42. The summed E-state index contributed by atoms with van der Waals surface area (Å²) in [5, 5.41) is 3.38. The van der Waals surface area contributed by atoms with Gasteiger partial charge in [-0.25, -0.2) is 8.42 Å². The quantitative estimate of drug-likeness (QED) is 0.860. The summed E-state index contributed by atoms with van der Waals surface area (Å²) in [7, 11) is -2.83. The van der Waals surface area contributed by atoms with E-state index in [1.807, 2.05) is 6.92 Å². The number of benzene rings is 1. The van der Waals surface area contributed by atoms with E-state index in [1.54, 1.807) is 11.8 Å². The zero-order chi connectivity index (χ0) is 13.2. The van der Waals surface area contributed by atoms with Gasteiger partial charge in [0, 0.05) is 17.0 Å². The van der Waals surface area contributed by atoms with Gasteiger partial charge >= 0.3 is 0 Å². The summed E-state index contributed by atoms with van der Waals surface area (Å²) in [6.07, 6.45) is 2.76. The van der Waals surface area contributed by atoms with Gasteiger partial charge in [0.1, 0.15) is 0 Å². The molecule has 1 aliphatic rings. The molecule has 100 valence electrons. The van der Waals surface area contributed by atoms with Crippen LogP contribution in [0.25, 0.3) is 0 Å². The first-order valence-electron chi connectivity index (χ1n) is 6.01. The third-order valence-corrected chi connectivity index (χ3v) is 6.03. The highest BCUT2D eigenvalue weighted by molar-refractivity contribution is 7.98. The van der Waals surface area contributed by atoms with Crippen molar-refractivity contribution in [3.05, 3.63) is 29.8 Å². The lowest BCUT2D eigenvalue weighted by atomic mass is 10.0. The van der Waals surface area contributed by atoms with Crippen molar-refractivity contribution in [2.75, 3.05) is 17.8 Å². The van der Waals surface area contributed by atoms with Crippen molar-refractivity contribution in [1.82, 2.24) is 5.32 Å². The Balaban J connectivity index is 1.95. The van der Waals surface area contributed by atoms with Gasteiger partial charge in [0.05, 0.1) is 11.5 Å². The zero-order valence-electron chi connectivity index (χ0n) is 10.8. The van der Waals surface area contributed by atoms with Gasteiger partial charge in [0.2, 0.25) is 0 Å². The normalized spacial score (nSPS) is 26.3. The van der Waals surface area contributed by atoms with E-state index in [0.717, 1.165) is 6.54 Å². The van der Waals surface area contributed by atoms with E-state index in [-0.39, 0.29) is 11.3 Å². The molecule has 18 heavy (non-hydrogen) atoms. The molecule has 1 saturated heterocycles. The third-order valence-electron chi connectivity index (χ3n) is 3.38. The van der Waals surface area contributed by atoms with Crippen LogP contribution in [0.5, 0.6) is 0 Å². The van der Waals surface area contributed by atoms with Gasteiger partial charge in [-0.1, -0.05) is 12.1 Å². The second-order valence-corrected chi connectivity index (χ2v) is 8.17. The molecule has 0 saturated carbocycles. The van der Waals surface area contributed by atoms with Crippen molar-refractivity contribution in [2.45, 2.75) is 30.3 Å². The first-order valence-corrected chi connectivity index (χ1v) is 9.05. The second-order valence-electron chi connectivity index (χ2n) is 5.10. The Morgan fingerprint density at radius 1 is 1.33 bits per heavy atom. The maximum atomic E-state index is 11.5. The average Bonchev–Trinajstić information content (AvgIpc) is 2.62. The van der Waals surface area contributed by atoms with Crippen LogP contribution >= 0.6 is 11.8 Å². The molecule has 0 amide bonds. The third kappa shape index (κ3) is 3.49. The average molecular weight is 285 g/mol. The van der Waals surface area contributed by atoms with Crippen LogP contribution in [0.3, 0.4) is 0 Å². The smallest absolute Gasteiger partial charge is 0.152 e. The van der Waals surface area contributed by atoms with Crippen molar-refractivity contribution in [3.8, 4) is 0 Å². The summed E-state index contributed by atoms with van der Waals surface area (Å²) < 4.78 is 23.0. The van der Waals surface area contributed by atoms with Gasteiger partial charge in [0.15, 0.2) is 9.84 Å². The van der Waals surface area contributed by atoms with E-state index in [2.05, 4.69) is 35.8 Å². The Kier molecular flexibility index (Phi) is 4.04. The van der Waals surface area contributed by atoms with Crippen molar-refractivity contribution < 1.29 is 8.42 Å². The summed E-state index contributed by atoms with van der Waals surface area (Å²) in [5.41, 5.74) is 0.926. The van der Waals surface area contributed by atoms with Crippen molar-refractivity contribution >= 4 is 21.6 Å². The lowest BCUT2D eigenvalue weighted by Gasteiger charge is -2.24. The molecular formula is C13H19NO2S2. The Labute approximate surface area is 113 Å². The van der Waals surface area contributed by atoms with Gasteiger partial charge in [0.25, 0.3) is 0 Å². The van der Waals surface area contributed by atoms with Crippen LogP contribution in [-0.2, 0) is 16.4 Å². The number of thioether (sulfide) groups is 1. The molecule has 0 aliphatic carbocycles. The molecule has 1 unspecified atom stereocenters. The predicted octanol–water partition coefficient (Wildman–Crippen LogP) is 2.08. The number of rotatable bonds is 4. The van der Waals surface area contributed by atoms with Crippen LogP contribution < -0.4 is 5.32 Å². The van der Waals surface area contributed by atoms with E-state index in [0.29, 0.717) is 12.2 Å². The highest BCUT2D eigenvalue weighted by Crippen LogP contribution is 2.23. The monoisotopic (exact) mass is 285 g/mol. The standard InChI is InChI=1S/C13H19NO2S2/c1-13(7-8-18(15,16)10-13)14-9-11-3-5-12(17-2)6-4-11/h3-6,14H,7-10H2,1-2H3. The molecule has 0 aromatic heterocycles. The number of hydrogen-bond acceptors (Lipinski definition) is 4. The zero-order valence-corrected chi connectivity index (χ0v) is 12.4. The fourth-order valence-electron chi connectivity index (χ4n) is 2.21. The fourth-order valence-corrected chi connectivity index (χ4v) is 4.74. The van der Waals surface area contributed by atoms with Gasteiger partial charge in [-0.3, -0.25) is 0 Å². The van der Waals surface area contributed by atoms with E-state index < -0.39 is 9.84 Å². The molecule has 1 N–H and O–H groups in total. The highest BCUT2D eigenvalue weighted by atomic mass is 32.2. The summed E-state index contributed by atoms with van der Waals surface area (Å²) in [6.45, 7) is 2.72. The molecule has 0 spiro atoms. The fraction of sp³-hybridized carbons (Fsp3) is 0.538. The Hall–Kier alpha value is -0.520. The molecule has 2 rings (SSSR count). The molecular weight excluding hydrogens is 266 g/mol. The largest absolute Gasteiger partial charge is 0.306 e. The van der Waals surface area contributed by atoms with Gasteiger partial charge in [-0.2, -0.15) is 0 Å². The second kappa shape index (κ2) is 5.23. The van der Waals surface area contributed by atoms with Crippen molar-refractivity contribution in [3.63, 3.8) is 0 Å². The number of sulfone groups is 1. The molecule has 3 nitrogen and oxygen atoms in total. The molecule has 5 heteroatoms. The Bertz CT molecular complexity index is 510. The van der Waals surface area contributed by atoms with E-state index >= 15 is 0 Å². The van der Waals surface area contributed by atoms with Crippen LogP contribution in [0.4, 0.5) is 0 Å². The first kappa shape index (κ1) is 13.9.